The van der Waals surface area contributed by atoms with Crippen molar-refractivity contribution in [3.8, 4) is 5.69 Å². The van der Waals surface area contributed by atoms with E-state index in [0.29, 0.717) is 0 Å². The molecule has 0 saturated carbocycles. The van der Waals surface area contributed by atoms with Crippen molar-refractivity contribution in [1.29, 1.82) is 0 Å². The van der Waals surface area contributed by atoms with Crippen LogP contribution in [-0.4, -0.2) is 46.5 Å². The van der Waals surface area contributed by atoms with Crippen molar-refractivity contribution in [2.24, 2.45) is 0 Å². The number of para-hydroxylation sites is 1. The summed E-state index contributed by atoms with van der Waals surface area (Å²) in [5.41, 5.74) is 6.41. The summed E-state index contributed by atoms with van der Waals surface area (Å²) in [6, 6.07) is 14.4. The van der Waals surface area contributed by atoms with E-state index in [1.54, 1.807) is 0 Å². The first-order valence-electron chi connectivity index (χ1n) is 9.75. The average Bonchev–Trinajstić information content (AvgIpc) is 3.03. The van der Waals surface area contributed by atoms with Crippen molar-refractivity contribution in [1.82, 2.24) is 14.5 Å². The predicted molar refractivity (Wildman–Crippen MR) is 112 cm³/mol. The van der Waals surface area contributed by atoms with Gasteiger partial charge in [-0.2, -0.15) is 0 Å². The van der Waals surface area contributed by atoms with Crippen molar-refractivity contribution in [2.45, 2.75) is 20.8 Å². The second-order valence-corrected chi connectivity index (χ2v) is 7.39. The Labute approximate surface area is 166 Å². The molecule has 3 heterocycles. The minimum Gasteiger partial charge on any atom is -0.368 e. The van der Waals surface area contributed by atoms with Crippen LogP contribution in [-0.2, 0) is 0 Å². The number of nitrogens with zero attached hydrogens (tertiary/aromatic N) is 4. The Hall–Kier alpha value is -3.08. The number of anilines is 1. The largest absolute Gasteiger partial charge is 0.368 e. The molecule has 2 aromatic heterocycles. The zero-order valence-electron chi connectivity index (χ0n) is 16.7. The van der Waals surface area contributed by atoms with Gasteiger partial charge in [-0.1, -0.05) is 18.2 Å². The molecule has 1 aliphatic rings. The standard InChI is InChI=1S/C23H26N4O/c1-17-6-4-5-7-22(17)27-18(2)16-21(19(27)3)23(28)26-14-12-25(13-15-26)20-8-10-24-11-9-20/h4-11,16H,12-15H2,1-3H3. The highest BCUT2D eigenvalue weighted by Gasteiger charge is 2.25. The molecule has 0 bridgehead atoms. The Morgan fingerprint density at radius 3 is 2.29 bits per heavy atom. The molecule has 1 fully saturated rings. The lowest BCUT2D eigenvalue weighted by Gasteiger charge is -2.36. The van der Waals surface area contributed by atoms with Gasteiger partial charge in [0.2, 0.25) is 0 Å². The van der Waals surface area contributed by atoms with Gasteiger partial charge in [-0.3, -0.25) is 9.78 Å². The number of aryl methyl sites for hydroxylation is 2. The van der Waals surface area contributed by atoms with Crippen molar-refractivity contribution in [3.63, 3.8) is 0 Å². The quantitative estimate of drug-likeness (QED) is 0.701. The number of benzene rings is 1. The van der Waals surface area contributed by atoms with Crippen LogP contribution in [0.15, 0.2) is 54.9 Å². The molecule has 1 amide bonds. The summed E-state index contributed by atoms with van der Waals surface area (Å²) in [5.74, 6) is 0.127. The minimum absolute atomic E-state index is 0.127. The molecule has 4 rings (SSSR count). The molecule has 28 heavy (non-hydrogen) atoms. The van der Waals surface area contributed by atoms with Crippen LogP contribution in [0.1, 0.15) is 27.3 Å². The van der Waals surface area contributed by atoms with Crippen molar-refractivity contribution < 1.29 is 4.79 Å². The topological polar surface area (TPSA) is 41.4 Å². The molecule has 1 saturated heterocycles. The third kappa shape index (κ3) is 3.28. The van der Waals surface area contributed by atoms with Crippen molar-refractivity contribution in [3.05, 3.63) is 77.4 Å². The summed E-state index contributed by atoms with van der Waals surface area (Å²) in [4.78, 5) is 21.6. The molecule has 3 aromatic rings. The second kappa shape index (κ2) is 7.50. The lowest BCUT2D eigenvalue weighted by Crippen LogP contribution is -2.48. The van der Waals surface area contributed by atoms with Crippen LogP contribution < -0.4 is 4.90 Å². The summed E-state index contributed by atoms with van der Waals surface area (Å²) in [5, 5.41) is 0. The Morgan fingerprint density at radius 2 is 1.61 bits per heavy atom. The van der Waals surface area contributed by atoms with Gasteiger partial charge in [0.25, 0.3) is 5.91 Å². The van der Waals surface area contributed by atoms with E-state index in [1.165, 1.54) is 11.3 Å². The van der Waals surface area contributed by atoms with Gasteiger partial charge in [-0.05, 0) is 50.6 Å². The smallest absolute Gasteiger partial charge is 0.255 e. The van der Waals surface area contributed by atoms with Gasteiger partial charge in [-0.25, -0.2) is 0 Å². The fourth-order valence-electron chi connectivity index (χ4n) is 4.06. The summed E-state index contributed by atoms with van der Waals surface area (Å²) >= 11 is 0. The van der Waals surface area contributed by atoms with Crippen molar-refractivity contribution >= 4 is 11.6 Å². The minimum atomic E-state index is 0.127. The lowest BCUT2D eigenvalue weighted by molar-refractivity contribution is 0.0746. The van der Waals surface area contributed by atoms with Gasteiger partial charge >= 0.3 is 0 Å². The molecule has 1 aliphatic heterocycles. The van der Waals surface area contributed by atoms with E-state index >= 15 is 0 Å². The number of carbonyl (C=O) groups excluding carboxylic acids is 1. The number of amides is 1. The highest BCUT2D eigenvalue weighted by atomic mass is 16.2. The van der Waals surface area contributed by atoms with Gasteiger partial charge in [-0.15, -0.1) is 0 Å². The lowest BCUT2D eigenvalue weighted by atomic mass is 10.1. The summed E-state index contributed by atoms with van der Waals surface area (Å²) in [7, 11) is 0. The van der Waals surface area contributed by atoms with Crippen LogP contribution in [0.2, 0.25) is 0 Å². The highest BCUT2D eigenvalue weighted by molar-refractivity contribution is 5.96. The molecule has 144 valence electrons. The van der Waals surface area contributed by atoms with Gasteiger partial charge in [0.05, 0.1) is 5.56 Å². The summed E-state index contributed by atoms with van der Waals surface area (Å²) in [6.07, 6.45) is 3.63. The first-order valence-corrected chi connectivity index (χ1v) is 9.75. The fourth-order valence-corrected chi connectivity index (χ4v) is 4.06. The molecule has 0 atom stereocenters. The number of piperazine rings is 1. The van der Waals surface area contributed by atoms with E-state index in [1.807, 2.05) is 54.5 Å². The summed E-state index contributed by atoms with van der Waals surface area (Å²) < 4.78 is 2.19. The van der Waals surface area contributed by atoms with E-state index in [9.17, 15) is 4.79 Å². The SMILES string of the molecule is Cc1ccccc1-n1c(C)cc(C(=O)N2CCN(c3ccncc3)CC2)c1C. The van der Waals surface area contributed by atoms with E-state index in [4.69, 9.17) is 0 Å². The van der Waals surface area contributed by atoms with E-state index < -0.39 is 0 Å². The normalized spacial score (nSPS) is 14.4. The fraction of sp³-hybridized carbons (Fsp3) is 0.304. The third-order valence-corrected chi connectivity index (χ3v) is 5.61. The zero-order valence-corrected chi connectivity index (χ0v) is 16.7. The van der Waals surface area contributed by atoms with E-state index in [0.717, 1.165) is 48.8 Å². The Morgan fingerprint density at radius 1 is 0.929 bits per heavy atom. The number of carbonyl (C=O) groups is 1. The molecule has 0 radical (unpaired) electrons. The number of pyridine rings is 1. The number of rotatable bonds is 3. The van der Waals surface area contributed by atoms with Gasteiger partial charge < -0.3 is 14.4 Å². The Kier molecular flexibility index (Phi) is 4.90. The van der Waals surface area contributed by atoms with Crippen LogP contribution in [0.25, 0.3) is 5.69 Å². The molecule has 0 unspecified atom stereocenters. The van der Waals surface area contributed by atoms with Gasteiger partial charge in [0, 0.05) is 61.3 Å². The zero-order chi connectivity index (χ0) is 19.7. The van der Waals surface area contributed by atoms with Crippen LogP contribution in [0, 0.1) is 20.8 Å². The van der Waals surface area contributed by atoms with Gasteiger partial charge in [0.1, 0.15) is 0 Å². The maximum Gasteiger partial charge on any atom is 0.255 e. The second-order valence-electron chi connectivity index (χ2n) is 7.39. The molecule has 0 aliphatic carbocycles. The number of hydrogen-bond acceptors (Lipinski definition) is 3. The maximum absolute atomic E-state index is 13.2. The average molecular weight is 374 g/mol. The van der Waals surface area contributed by atoms with Crippen LogP contribution >= 0.6 is 0 Å². The Bertz CT molecular complexity index is 985. The predicted octanol–water partition coefficient (Wildman–Crippen LogP) is 3.76. The number of hydrogen-bond donors (Lipinski definition) is 0. The first-order chi connectivity index (χ1) is 13.6. The van der Waals surface area contributed by atoms with E-state index in [2.05, 4.69) is 40.4 Å². The molecule has 5 heteroatoms. The highest BCUT2D eigenvalue weighted by Crippen LogP contribution is 2.25. The Balaban J connectivity index is 1.54. The van der Waals surface area contributed by atoms with Crippen LogP contribution in [0.3, 0.4) is 0 Å². The first kappa shape index (κ1) is 18.3. The van der Waals surface area contributed by atoms with Gasteiger partial charge in [0.15, 0.2) is 0 Å². The maximum atomic E-state index is 13.2. The van der Waals surface area contributed by atoms with E-state index in [-0.39, 0.29) is 5.91 Å². The molecule has 0 N–H and O–H groups in total. The number of aromatic nitrogens is 2. The third-order valence-electron chi connectivity index (χ3n) is 5.61. The summed E-state index contributed by atoms with van der Waals surface area (Å²) in [6.45, 7) is 9.36. The molecule has 1 aromatic carbocycles. The monoisotopic (exact) mass is 374 g/mol. The van der Waals surface area contributed by atoms with Crippen molar-refractivity contribution in [2.75, 3.05) is 31.1 Å². The molecule has 5 nitrogen and oxygen atoms in total. The van der Waals surface area contributed by atoms with Crippen LogP contribution in [0.4, 0.5) is 5.69 Å². The van der Waals surface area contributed by atoms with Crippen LogP contribution in [0.5, 0.6) is 0 Å². The molecular weight excluding hydrogens is 348 g/mol. The molecular formula is C23H26N4O. The molecule has 0 spiro atoms.